The molecule has 5 aromatic rings. The molecule has 4 aliphatic rings. The Morgan fingerprint density at radius 3 is 2.18 bits per heavy atom. The van der Waals surface area contributed by atoms with Gasteiger partial charge in [0.1, 0.15) is 22.1 Å². The molecule has 1 atom stereocenters. The van der Waals surface area contributed by atoms with Crippen LogP contribution in [-0.4, -0.2) is 98.1 Å². The van der Waals surface area contributed by atoms with Crippen LogP contribution in [-0.2, 0) is 16.6 Å². The summed E-state index contributed by atoms with van der Waals surface area (Å²) in [7, 11) is 1.87. The van der Waals surface area contributed by atoms with E-state index in [1.54, 1.807) is 4.68 Å². The fraction of sp³-hybridized carbons (Fsp3) is 0.489. The number of nitrogens with one attached hydrogen (secondary N) is 2. The van der Waals surface area contributed by atoms with Gasteiger partial charge in [-0.1, -0.05) is 36.6 Å². The van der Waals surface area contributed by atoms with Crippen LogP contribution < -0.4 is 15.0 Å². The van der Waals surface area contributed by atoms with Crippen LogP contribution in [0, 0.1) is 24.7 Å². The van der Waals surface area contributed by atoms with E-state index in [-0.39, 0.29) is 23.6 Å². The van der Waals surface area contributed by atoms with Crippen molar-refractivity contribution in [3.8, 4) is 22.9 Å². The highest BCUT2D eigenvalue weighted by Crippen LogP contribution is 2.37. The Morgan fingerprint density at radius 1 is 0.852 bits per heavy atom. The fourth-order valence-corrected chi connectivity index (χ4v) is 10.1. The number of nitrogens with zero attached hydrogens (tertiary/aromatic N) is 7. The van der Waals surface area contributed by atoms with Crippen LogP contribution in [0.25, 0.3) is 22.6 Å². The topological polar surface area (TPSA) is 142 Å². The summed E-state index contributed by atoms with van der Waals surface area (Å²) < 4.78 is 8.00. The smallest absolute Gasteiger partial charge is 0.253 e. The number of aromatic nitrogens is 5. The summed E-state index contributed by atoms with van der Waals surface area (Å²) in [6.45, 7) is 9.29. The summed E-state index contributed by atoms with van der Waals surface area (Å²) in [4.78, 5) is 56.9. The predicted octanol–water partition coefficient (Wildman–Crippen LogP) is 7.89. The van der Waals surface area contributed by atoms with Gasteiger partial charge in [-0.2, -0.15) is 5.10 Å². The summed E-state index contributed by atoms with van der Waals surface area (Å²) in [5.74, 6) is 3.37. The fourth-order valence-electron chi connectivity index (χ4n) is 9.96. The Labute approximate surface area is 362 Å². The molecule has 0 aliphatic carbocycles. The van der Waals surface area contributed by atoms with Gasteiger partial charge in [0.2, 0.25) is 11.8 Å². The molecule has 0 spiro atoms. The molecule has 2 aromatic carbocycles. The first-order valence-corrected chi connectivity index (χ1v) is 22.5. The van der Waals surface area contributed by atoms with Crippen molar-refractivity contribution in [3.05, 3.63) is 82.8 Å². The van der Waals surface area contributed by atoms with Gasteiger partial charge in [-0.05, 0) is 125 Å². The highest BCUT2D eigenvalue weighted by atomic mass is 35.5. The number of aromatic amines is 1. The van der Waals surface area contributed by atoms with Gasteiger partial charge in [-0.25, -0.2) is 9.97 Å². The van der Waals surface area contributed by atoms with Crippen LogP contribution in [0.5, 0.6) is 11.5 Å². The third-order valence-electron chi connectivity index (χ3n) is 13.6. The zero-order valence-corrected chi connectivity index (χ0v) is 36.0. The number of ether oxygens (including phenoxy) is 1. The predicted molar refractivity (Wildman–Crippen MR) is 236 cm³/mol. The average Bonchev–Trinajstić information content (AvgIpc) is 3.87. The minimum atomic E-state index is -0.230. The van der Waals surface area contributed by atoms with Gasteiger partial charge in [0, 0.05) is 63.6 Å². The second kappa shape index (κ2) is 18.0. The number of rotatable bonds is 11. The lowest BCUT2D eigenvalue weighted by Crippen LogP contribution is -2.41. The van der Waals surface area contributed by atoms with Gasteiger partial charge in [0.15, 0.2) is 11.4 Å². The number of hydrogen-bond donors (Lipinski definition) is 2. The number of halogens is 1. The van der Waals surface area contributed by atoms with Crippen molar-refractivity contribution in [1.29, 1.82) is 0 Å². The Balaban J connectivity index is 0.677. The molecule has 61 heavy (non-hydrogen) atoms. The first-order valence-electron chi connectivity index (χ1n) is 22.2. The standard InChI is InChI=1S/C47H56ClN9O4/c1-30-39(29-54(2)53-30)44-51-42-43(40(48)27-49-45(42)52-44)61-37-11-7-35(8-12-37)47(60)57-25-17-32(18-26-57)4-3-31-15-21-55(22-16-31)28-33-19-23-56(24-20-33)36-9-5-34(6-10-36)38-13-14-41(58)50-46(38)59/h5-12,27,29,31-33,38H,3-4,13-26,28H2,1-2H3,(H,49,51,52)(H,50,58,59)/t38-/m1/s1. The minimum Gasteiger partial charge on any atom is -0.453 e. The van der Waals surface area contributed by atoms with Gasteiger partial charge in [-0.15, -0.1) is 0 Å². The first-order chi connectivity index (χ1) is 29.6. The zero-order valence-electron chi connectivity index (χ0n) is 35.2. The molecule has 0 radical (unpaired) electrons. The van der Waals surface area contributed by atoms with Crippen molar-refractivity contribution in [2.24, 2.45) is 24.8 Å². The minimum absolute atomic E-state index is 0.0677. The number of H-pyrrole nitrogens is 1. The lowest BCUT2D eigenvalue weighted by molar-refractivity contribution is -0.134. The van der Waals surface area contributed by atoms with Crippen molar-refractivity contribution in [2.45, 2.75) is 77.0 Å². The van der Waals surface area contributed by atoms with Crippen LogP contribution in [0.1, 0.15) is 91.7 Å². The van der Waals surface area contributed by atoms with E-state index in [4.69, 9.17) is 16.3 Å². The van der Waals surface area contributed by atoms with E-state index < -0.39 is 0 Å². The summed E-state index contributed by atoms with van der Waals surface area (Å²) in [5, 5.41) is 7.26. The summed E-state index contributed by atoms with van der Waals surface area (Å²) >= 11 is 6.56. The lowest BCUT2D eigenvalue weighted by Gasteiger charge is -2.39. The number of imide groups is 1. The molecule has 7 heterocycles. The molecule has 320 valence electrons. The van der Waals surface area contributed by atoms with Gasteiger partial charge in [0.05, 0.1) is 23.4 Å². The number of benzene rings is 2. The second-order valence-corrected chi connectivity index (χ2v) is 18.1. The first kappa shape index (κ1) is 41.1. The van der Waals surface area contributed by atoms with Crippen molar-refractivity contribution < 1.29 is 19.1 Å². The van der Waals surface area contributed by atoms with E-state index in [0.29, 0.717) is 57.8 Å². The van der Waals surface area contributed by atoms with Gasteiger partial charge in [-0.3, -0.25) is 24.4 Å². The molecule has 3 aromatic heterocycles. The van der Waals surface area contributed by atoms with E-state index in [9.17, 15) is 14.4 Å². The van der Waals surface area contributed by atoms with Crippen LogP contribution in [0.2, 0.25) is 5.02 Å². The molecule has 9 rings (SSSR count). The molecule has 0 saturated carbocycles. The second-order valence-electron chi connectivity index (χ2n) is 17.7. The summed E-state index contributed by atoms with van der Waals surface area (Å²) in [6, 6.07) is 15.7. The maximum Gasteiger partial charge on any atom is 0.253 e. The molecular formula is C47H56ClN9O4. The number of piperidine rings is 4. The number of amides is 3. The number of fused-ring (bicyclic) bond motifs is 1. The highest BCUT2D eigenvalue weighted by molar-refractivity contribution is 6.32. The van der Waals surface area contributed by atoms with Crippen LogP contribution >= 0.6 is 11.6 Å². The Hall–Kier alpha value is -5.27. The Bertz CT molecular complexity index is 2350. The van der Waals surface area contributed by atoms with E-state index >= 15 is 0 Å². The molecule has 13 nitrogen and oxygen atoms in total. The zero-order chi connectivity index (χ0) is 42.0. The molecule has 4 fully saturated rings. The number of carbonyl (C=O) groups excluding carboxylic acids is 3. The van der Waals surface area contributed by atoms with Gasteiger partial charge in [0.25, 0.3) is 5.91 Å². The number of imidazole rings is 1. The summed E-state index contributed by atoms with van der Waals surface area (Å²) in [5.41, 5.74) is 5.69. The van der Waals surface area contributed by atoms with E-state index in [2.05, 4.69) is 59.4 Å². The highest BCUT2D eigenvalue weighted by Gasteiger charge is 2.30. The number of likely N-dealkylation sites (tertiary alicyclic amines) is 2. The van der Waals surface area contributed by atoms with Crippen molar-refractivity contribution >= 4 is 46.2 Å². The van der Waals surface area contributed by atoms with Crippen molar-refractivity contribution in [1.82, 2.24) is 39.8 Å². The summed E-state index contributed by atoms with van der Waals surface area (Å²) in [6.07, 6.45) is 14.1. The number of carbonyl (C=O) groups is 3. The average molecular weight is 846 g/mol. The number of hydrogen-bond acceptors (Lipinski definition) is 9. The van der Waals surface area contributed by atoms with E-state index in [1.807, 2.05) is 49.3 Å². The maximum atomic E-state index is 13.5. The Morgan fingerprint density at radius 2 is 1.52 bits per heavy atom. The molecule has 3 amide bonds. The molecule has 4 saturated heterocycles. The Kier molecular flexibility index (Phi) is 12.1. The molecule has 2 N–H and O–H groups in total. The normalized spacial score (nSPS) is 20.1. The monoisotopic (exact) mass is 845 g/mol. The molecule has 0 unspecified atom stereocenters. The number of anilines is 1. The quantitative estimate of drug-likeness (QED) is 0.127. The van der Waals surface area contributed by atoms with Crippen molar-refractivity contribution in [3.63, 3.8) is 0 Å². The van der Waals surface area contributed by atoms with Crippen molar-refractivity contribution in [2.75, 3.05) is 50.7 Å². The largest absolute Gasteiger partial charge is 0.453 e. The number of pyridine rings is 1. The number of aryl methyl sites for hydroxylation is 2. The molecule has 4 aliphatic heterocycles. The van der Waals surface area contributed by atoms with E-state index in [1.165, 1.54) is 70.0 Å². The lowest BCUT2D eigenvalue weighted by atomic mass is 9.84. The van der Waals surface area contributed by atoms with E-state index in [0.717, 1.165) is 67.7 Å². The van der Waals surface area contributed by atoms with Crippen LogP contribution in [0.3, 0.4) is 0 Å². The van der Waals surface area contributed by atoms with Crippen LogP contribution in [0.15, 0.2) is 60.9 Å². The van der Waals surface area contributed by atoms with Gasteiger partial charge >= 0.3 is 0 Å². The molecular weight excluding hydrogens is 790 g/mol. The third-order valence-corrected chi connectivity index (χ3v) is 13.9. The third kappa shape index (κ3) is 9.33. The molecule has 0 bridgehead atoms. The van der Waals surface area contributed by atoms with Crippen LogP contribution in [0.4, 0.5) is 5.69 Å². The maximum absolute atomic E-state index is 13.5. The van der Waals surface area contributed by atoms with Gasteiger partial charge < -0.3 is 24.4 Å². The SMILES string of the molecule is Cc1nn(C)cc1-c1nc2ncc(Cl)c(Oc3ccc(C(=O)N4CCC(CCC5CCN(CC6CCN(c7ccc([C@H]8CCC(=O)NC8=O)cc7)CC6)CC5)CC4)cc3)c2[nH]1. The molecule has 14 heteroatoms.